The lowest BCUT2D eigenvalue weighted by atomic mass is 10.0. The summed E-state index contributed by atoms with van der Waals surface area (Å²) < 4.78 is 5.37. The molecule has 2 rings (SSSR count). The second-order valence-electron chi connectivity index (χ2n) is 8.41. The summed E-state index contributed by atoms with van der Waals surface area (Å²) in [5, 5.41) is 17.4. The molecule has 0 aliphatic carbocycles. The van der Waals surface area contributed by atoms with Gasteiger partial charge in [0.25, 0.3) is 0 Å². The maximum absolute atomic E-state index is 10.7. The Balaban J connectivity index is 1.70. The van der Waals surface area contributed by atoms with Crippen molar-refractivity contribution in [1.29, 1.82) is 0 Å². The molecule has 27 heavy (non-hydrogen) atoms. The van der Waals surface area contributed by atoms with Gasteiger partial charge in [-0.05, 0) is 52.1 Å². The van der Waals surface area contributed by atoms with Crippen molar-refractivity contribution in [1.82, 2.24) is 20.4 Å². The van der Waals surface area contributed by atoms with E-state index in [2.05, 4.69) is 39.3 Å². The molecular formula is C20H41N5O2. The van der Waals surface area contributed by atoms with Gasteiger partial charge in [0.15, 0.2) is 5.96 Å². The Morgan fingerprint density at radius 2 is 2.00 bits per heavy atom. The third-order valence-corrected chi connectivity index (χ3v) is 5.27. The lowest BCUT2D eigenvalue weighted by Gasteiger charge is -2.33. The number of likely N-dealkylation sites (tertiary alicyclic amines) is 1. The van der Waals surface area contributed by atoms with E-state index >= 15 is 0 Å². The summed E-state index contributed by atoms with van der Waals surface area (Å²) in [4.78, 5) is 9.45. The molecule has 2 atom stereocenters. The Labute approximate surface area is 165 Å². The molecule has 0 radical (unpaired) electrons. The van der Waals surface area contributed by atoms with Gasteiger partial charge in [0, 0.05) is 39.3 Å². The zero-order valence-electron chi connectivity index (χ0n) is 17.7. The summed E-state index contributed by atoms with van der Waals surface area (Å²) in [7, 11) is 0. The predicted molar refractivity (Wildman–Crippen MR) is 111 cm³/mol. The maximum atomic E-state index is 10.7. The average molecular weight is 384 g/mol. The number of rotatable bonds is 9. The molecular weight excluding hydrogens is 342 g/mol. The Bertz CT molecular complexity index is 438. The van der Waals surface area contributed by atoms with Crippen LogP contribution < -0.4 is 10.6 Å². The fourth-order valence-corrected chi connectivity index (χ4v) is 3.88. The highest BCUT2D eigenvalue weighted by Gasteiger charge is 2.25. The van der Waals surface area contributed by atoms with Gasteiger partial charge in [0.2, 0.25) is 0 Å². The molecule has 2 heterocycles. The number of morpholine rings is 1. The molecule has 0 saturated carbocycles. The predicted octanol–water partition coefficient (Wildman–Crippen LogP) is 0.747. The number of guanidine groups is 1. The van der Waals surface area contributed by atoms with Crippen molar-refractivity contribution in [2.24, 2.45) is 10.9 Å². The van der Waals surface area contributed by atoms with Crippen molar-refractivity contribution >= 4 is 5.96 Å². The first-order chi connectivity index (χ1) is 13.0. The first kappa shape index (κ1) is 22.4. The largest absolute Gasteiger partial charge is 0.387 e. The summed E-state index contributed by atoms with van der Waals surface area (Å²) in [5.41, 5.74) is -0.830. The normalized spacial score (nSPS) is 25.2. The van der Waals surface area contributed by atoms with Crippen LogP contribution in [-0.2, 0) is 4.74 Å². The molecule has 7 heteroatoms. The highest BCUT2D eigenvalue weighted by atomic mass is 16.5. The number of ether oxygens (including phenoxy) is 1. The molecule has 2 unspecified atom stereocenters. The minimum Gasteiger partial charge on any atom is -0.387 e. The van der Waals surface area contributed by atoms with E-state index in [1.54, 1.807) is 0 Å². The van der Waals surface area contributed by atoms with Gasteiger partial charge in [-0.3, -0.25) is 9.89 Å². The molecule has 2 fully saturated rings. The van der Waals surface area contributed by atoms with Crippen LogP contribution in [0, 0.1) is 5.92 Å². The molecule has 7 nitrogen and oxygen atoms in total. The van der Waals surface area contributed by atoms with Gasteiger partial charge in [-0.15, -0.1) is 0 Å². The summed E-state index contributed by atoms with van der Waals surface area (Å²) in [5.74, 6) is 1.63. The minimum atomic E-state index is -0.830. The molecule has 0 aromatic heterocycles. The van der Waals surface area contributed by atoms with Gasteiger partial charge in [-0.1, -0.05) is 6.92 Å². The van der Waals surface area contributed by atoms with Crippen molar-refractivity contribution in [3.05, 3.63) is 0 Å². The van der Waals surface area contributed by atoms with Crippen molar-refractivity contribution in [3.8, 4) is 0 Å². The Kier molecular flexibility index (Phi) is 9.82. The number of aliphatic hydroxyl groups is 1. The Morgan fingerprint density at radius 3 is 2.70 bits per heavy atom. The lowest BCUT2D eigenvalue weighted by Crippen LogP contribution is -2.48. The molecule has 2 aliphatic rings. The second-order valence-corrected chi connectivity index (χ2v) is 8.41. The van der Waals surface area contributed by atoms with E-state index in [4.69, 9.17) is 4.74 Å². The third-order valence-electron chi connectivity index (χ3n) is 5.27. The van der Waals surface area contributed by atoms with Crippen LogP contribution in [0.2, 0.25) is 0 Å². The van der Waals surface area contributed by atoms with Crippen molar-refractivity contribution in [2.75, 3.05) is 72.1 Å². The van der Waals surface area contributed by atoms with Crippen molar-refractivity contribution < 1.29 is 9.84 Å². The zero-order chi connectivity index (χ0) is 19.5. The van der Waals surface area contributed by atoms with E-state index in [1.165, 1.54) is 25.9 Å². The molecule has 0 bridgehead atoms. The summed E-state index contributed by atoms with van der Waals surface area (Å²) in [6, 6.07) is 0. The first-order valence-corrected chi connectivity index (χ1v) is 10.8. The SMILES string of the molecule is CCNC(=NCC(C)(O)CN1CCOCC1)NCCCN1CCCC(C)C1. The molecule has 0 aromatic carbocycles. The van der Waals surface area contributed by atoms with Crippen LogP contribution in [0.15, 0.2) is 4.99 Å². The fourth-order valence-electron chi connectivity index (χ4n) is 3.88. The highest BCUT2D eigenvalue weighted by molar-refractivity contribution is 5.79. The number of piperidine rings is 1. The van der Waals surface area contributed by atoms with Crippen LogP contribution in [-0.4, -0.2) is 98.6 Å². The number of nitrogens with one attached hydrogen (secondary N) is 2. The monoisotopic (exact) mass is 383 g/mol. The summed E-state index contributed by atoms with van der Waals surface area (Å²) in [6.45, 7) is 15.9. The summed E-state index contributed by atoms with van der Waals surface area (Å²) >= 11 is 0. The number of hydrogen-bond acceptors (Lipinski definition) is 5. The Morgan fingerprint density at radius 1 is 1.22 bits per heavy atom. The summed E-state index contributed by atoms with van der Waals surface area (Å²) in [6.07, 6.45) is 3.81. The molecule has 2 aliphatic heterocycles. The van der Waals surface area contributed by atoms with Gasteiger partial charge >= 0.3 is 0 Å². The van der Waals surface area contributed by atoms with Crippen LogP contribution in [0.25, 0.3) is 0 Å². The smallest absolute Gasteiger partial charge is 0.191 e. The zero-order valence-corrected chi connectivity index (χ0v) is 17.7. The minimum absolute atomic E-state index is 0.392. The fraction of sp³-hybridized carbons (Fsp3) is 0.950. The van der Waals surface area contributed by atoms with E-state index in [0.29, 0.717) is 13.1 Å². The van der Waals surface area contributed by atoms with Gasteiger partial charge in [-0.25, -0.2) is 0 Å². The number of nitrogens with zero attached hydrogens (tertiary/aromatic N) is 3. The van der Waals surface area contributed by atoms with Gasteiger partial charge in [-0.2, -0.15) is 0 Å². The van der Waals surface area contributed by atoms with Crippen molar-refractivity contribution in [3.63, 3.8) is 0 Å². The number of β-amino-alcohol motifs (C(OH)–C–C–N with tert-alkyl or cyclic N) is 1. The molecule has 158 valence electrons. The molecule has 2 saturated heterocycles. The average Bonchev–Trinajstić information content (AvgIpc) is 2.64. The van der Waals surface area contributed by atoms with E-state index in [-0.39, 0.29) is 0 Å². The maximum Gasteiger partial charge on any atom is 0.191 e. The van der Waals surface area contributed by atoms with Crippen LogP contribution in [0.3, 0.4) is 0 Å². The topological polar surface area (TPSA) is 72.4 Å². The van der Waals surface area contributed by atoms with E-state index < -0.39 is 5.60 Å². The lowest BCUT2D eigenvalue weighted by molar-refractivity contribution is -0.0179. The van der Waals surface area contributed by atoms with Crippen LogP contribution in [0.4, 0.5) is 0 Å². The van der Waals surface area contributed by atoms with Crippen LogP contribution >= 0.6 is 0 Å². The quantitative estimate of drug-likeness (QED) is 0.310. The first-order valence-electron chi connectivity index (χ1n) is 10.8. The Hall–Kier alpha value is -0.890. The van der Waals surface area contributed by atoms with Crippen LogP contribution in [0.5, 0.6) is 0 Å². The van der Waals surface area contributed by atoms with Crippen LogP contribution in [0.1, 0.15) is 40.0 Å². The van der Waals surface area contributed by atoms with E-state index in [0.717, 1.165) is 64.2 Å². The second kappa shape index (κ2) is 11.8. The van der Waals surface area contributed by atoms with E-state index in [1.807, 2.05) is 6.92 Å². The van der Waals surface area contributed by atoms with Gasteiger partial charge in [0.1, 0.15) is 0 Å². The third kappa shape index (κ3) is 9.23. The molecule has 0 amide bonds. The van der Waals surface area contributed by atoms with E-state index in [9.17, 15) is 5.11 Å². The highest BCUT2D eigenvalue weighted by Crippen LogP contribution is 2.15. The number of aliphatic imine (C=N–C) groups is 1. The molecule has 0 spiro atoms. The standard InChI is InChI=1S/C20H41N5O2/c1-4-21-19(22-8-6-10-24-9-5-7-18(2)15-24)23-16-20(3,26)17-25-11-13-27-14-12-25/h18,26H,4-17H2,1-3H3,(H2,21,22,23). The van der Waals surface area contributed by atoms with Gasteiger partial charge in [0.05, 0.1) is 25.4 Å². The molecule has 0 aromatic rings. The van der Waals surface area contributed by atoms with Crippen molar-refractivity contribution in [2.45, 2.75) is 45.6 Å². The number of hydrogen-bond donors (Lipinski definition) is 3. The van der Waals surface area contributed by atoms with Gasteiger partial charge < -0.3 is 25.4 Å². The molecule has 3 N–H and O–H groups in total.